The maximum Gasteiger partial charge on any atom is 0.245 e. The summed E-state index contributed by atoms with van der Waals surface area (Å²) in [5, 5.41) is 6.27. The molecule has 0 aliphatic carbocycles. The number of allylic oxidation sites excluding steroid dienone is 3. The lowest BCUT2D eigenvalue weighted by molar-refractivity contribution is -0.147. The number of rotatable bonds is 24. The second-order valence-corrected chi connectivity index (χ2v) is 16.9. The van der Waals surface area contributed by atoms with E-state index < -0.39 is 18.2 Å². The molecule has 0 aromatic carbocycles. The fourth-order valence-corrected chi connectivity index (χ4v) is 8.22. The summed E-state index contributed by atoms with van der Waals surface area (Å²) in [7, 11) is 5.34. The Labute approximate surface area is 327 Å². The van der Waals surface area contributed by atoms with Gasteiger partial charge in [0.1, 0.15) is 6.04 Å². The highest BCUT2D eigenvalue weighted by Crippen LogP contribution is 2.31. The van der Waals surface area contributed by atoms with E-state index in [0.717, 1.165) is 37.1 Å². The van der Waals surface area contributed by atoms with Gasteiger partial charge in [-0.3, -0.25) is 24.1 Å². The number of likely N-dealkylation sites (N-methyl/N-ethyl adjacent to an activating group) is 2. The number of thioether (sulfide) groups is 1. The molecule has 1 aliphatic rings. The van der Waals surface area contributed by atoms with Crippen molar-refractivity contribution in [2.45, 2.75) is 131 Å². The van der Waals surface area contributed by atoms with Crippen LogP contribution in [0.1, 0.15) is 94.4 Å². The zero-order chi connectivity index (χ0) is 40.6. The summed E-state index contributed by atoms with van der Waals surface area (Å²) in [6.07, 6.45) is 10.1. The molecule has 0 spiro atoms. The molecule has 53 heavy (non-hydrogen) atoms. The van der Waals surface area contributed by atoms with Gasteiger partial charge in [-0.2, -0.15) is 11.8 Å². The zero-order valence-electron chi connectivity index (χ0n) is 35.4. The predicted octanol–water partition coefficient (Wildman–Crippen LogP) is 6.18. The van der Waals surface area contributed by atoms with Crippen LogP contribution >= 0.6 is 11.8 Å². The maximum atomic E-state index is 14.3. The SMILES string of the molecule is C=C/C=C(\C=C)CC(C)NC(=O)[C@H](C)C(C)[C@@H]1CCCN1C(=O)C[C@@H](OC)[C@H]([C@@H](C)CC)N(C)C(=O)[C@@H](NC(=O)C(C(C)C)N(C)CCSC)C(C)C. The van der Waals surface area contributed by atoms with E-state index in [1.807, 2.05) is 65.8 Å². The van der Waals surface area contributed by atoms with Crippen molar-refractivity contribution in [1.29, 1.82) is 0 Å². The molecule has 1 fully saturated rings. The smallest absolute Gasteiger partial charge is 0.245 e. The first-order valence-electron chi connectivity index (χ1n) is 19.7. The average molecular weight is 762 g/mol. The molecule has 0 bridgehead atoms. The highest BCUT2D eigenvalue weighted by Gasteiger charge is 2.42. The van der Waals surface area contributed by atoms with Gasteiger partial charge in [-0.05, 0) is 68.7 Å². The third-order valence-electron chi connectivity index (χ3n) is 11.3. The van der Waals surface area contributed by atoms with Crippen molar-refractivity contribution >= 4 is 35.4 Å². The molecule has 10 nitrogen and oxygen atoms in total. The first-order chi connectivity index (χ1) is 24.9. The first kappa shape index (κ1) is 48.4. The molecule has 0 saturated carbocycles. The van der Waals surface area contributed by atoms with Crippen molar-refractivity contribution < 1.29 is 23.9 Å². The van der Waals surface area contributed by atoms with E-state index in [4.69, 9.17) is 4.74 Å². The number of hydrogen-bond donors (Lipinski definition) is 2. The molecule has 1 heterocycles. The molecular formula is C42H75N5O5S. The number of nitrogens with zero attached hydrogens (tertiary/aromatic N) is 3. The summed E-state index contributed by atoms with van der Waals surface area (Å²) in [6, 6.07) is -1.65. The van der Waals surface area contributed by atoms with Crippen LogP contribution in [-0.4, -0.2) is 121 Å². The van der Waals surface area contributed by atoms with E-state index in [0.29, 0.717) is 13.0 Å². The second kappa shape index (κ2) is 24.0. The minimum Gasteiger partial charge on any atom is -0.379 e. The molecule has 2 N–H and O–H groups in total. The number of likely N-dealkylation sites (tertiary alicyclic amines) is 1. The van der Waals surface area contributed by atoms with Gasteiger partial charge >= 0.3 is 0 Å². The van der Waals surface area contributed by atoms with Crippen LogP contribution in [0.2, 0.25) is 0 Å². The lowest BCUT2D eigenvalue weighted by atomic mass is 9.86. The summed E-state index contributed by atoms with van der Waals surface area (Å²) >= 11 is 1.74. The van der Waals surface area contributed by atoms with Gasteiger partial charge in [0.25, 0.3) is 0 Å². The van der Waals surface area contributed by atoms with E-state index in [-0.39, 0.29) is 77.8 Å². The number of amides is 4. The predicted molar refractivity (Wildman–Crippen MR) is 222 cm³/mol. The highest BCUT2D eigenvalue weighted by molar-refractivity contribution is 7.98. The molecule has 1 rings (SSSR count). The summed E-state index contributed by atoms with van der Waals surface area (Å²) in [4.78, 5) is 61.3. The van der Waals surface area contributed by atoms with Crippen molar-refractivity contribution in [1.82, 2.24) is 25.3 Å². The first-order valence-corrected chi connectivity index (χ1v) is 21.1. The van der Waals surface area contributed by atoms with E-state index >= 15 is 0 Å². The Balaban J connectivity index is 3.20. The van der Waals surface area contributed by atoms with Crippen molar-refractivity contribution in [2.75, 3.05) is 46.3 Å². The average Bonchev–Trinajstić information content (AvgIpc) is 3.61. The Morgan fingerprint density at radius 1 is 0.962 bits per heavy atom. The molecule has 9 atom stereocenters. The Bertz CT molecular complexity index is 1220. The van der Waals surface area contributed by atoms with Crippen molar-refractivity contribution in [3.05, 3.63) is 37.0 Å². The van der Waals surface area contributed by atoms with E-state index in [9.17, 15) is 19.2 Å². The normalized spacial score (nSPS) is 19.6. The van der Waals surface area contributed by atoms with E-state index in [1.54, 1.807) is 43.0 Å². The van der Waals surface area contributed by atoms with E-state index in [1.165, 1.54) is 0 Å². The van der Waals surface area contributed by atoms with Crippen molar-refractivity contribution in [3.63, 3.8) is 0 Å². The quantitative estimate of drug-likeness (QED) is 0.113. The molecule has 1 saturated heterocycles. The molecule has 3 unspecified atom stereocenters. The van der Waals surface area contributed by atoms with Crippen LogP contribution in [0.3, 0.4) is 0 Å². The maximum absolute atomic E-state index is 14.3. The molecule has 304 valence electrons. The van der Waals surface area contributed by atoms with Crippen LogP contribution < -0.4 is 10.6 Å². The van der Waals surface area contributed by atoms with Gasteiger partial charge in [-0.15, -0.1) is 0 Å². The third kappa shape index (κ3) is 14.2. The minimum absolute atomic E-state index is 0.0215. The van der Waals surface area contributed by atoms with Crippen LogP contribution in [0.15, 0.2) is 37.0 Å². The molecule has 0 aromatic heterocycles. The highest BCUT2D eigenvalue weighted by atomic mass is 32.2. The van der Waals surface area contributed by atoms with Gasteiger partial charge in [0.2, 0.25) is 23.6 Å². The van der Waals surface area contributed by atoms with Crippen molar-refractivity contribution in [2.24, 2.45) is 29.6 Å². The summed E-state index contributed by atoms with van der Waals surface area (Å²) in [6.45, 7) is 27.1. The van der Waals surface area contributed by atoms with Gasteiger partial charge in [0.15, 0.2) is 0 Å². The number of carbonyl (C=O) groups excluding carboxylic acids is 4. The Morgan fingerprint density at radius 2 is 1.60 bits per heavy atom. The summed E-state index contributed by atoms with van der Waals surface area (Å²) in [5.74, 6) is 0.0730. The van der Waals surface area contributed by atoms with Crippen LogP contribution in [-0.2, 0) is 23.9 Å². The number of hydrogen-bond acceptors (Lipinski definition) is 7. The van der Waals surface area contributed by atoms with Crippen LogP contribution in [0.4, 0.5) is 0 Å². The van der Waals surface area contributed by atoms with E-state index in [2.05, 4.69) is 49.5 Å². The lowest BCUT2D eigenvalue weighted by Crippen LogP contribution is -2.60. The number of ether oxygens (including phenoxy) is 1. The molecule has 0 aromatic rings. The standard InChI is InChI=1S/C42H75N5O5S/c1-16-20-33(18-3)25-30(9)43-40(49)32(11)31(10)34-21-19-22-47(34)36(48)26-35(52-14)39(29(8)17-2)46(13)42(51)37(27(4)5)44-41(50)38(28(6)7)45(12)23-24-53-15/h16,18,20,27-32,34-35,37-39H,1,3,17,19,21-26H2,2,4-15H3,(H,43,49)(H,44,50)/b33-20+/t29-,30?,31?,32+,34-,35+,37-,38?,39-/m0/s1. The Morgan fingerprint density at radius 3 is 2.11 bits per heavy atom. The minimum atomic E-state index is -0.733. The Kier molecular flexibility index (Phi) is 21.9. The van der Waals surface area contributed by atoms with Crippen molar-refractivity contribution in [3.8, 4) is 0 Å². The zero-order valence-corrected chi connectivity index (χ0v) is 36.3. The Hall–Kier alpha value is -2.63. The van der Waals surface area contributed by atoms with Gasteiger partial charge in [-0.1, -0.05) is 93.2 Å². The van der Waals surface area contributed by atoms with Crippen LogP contribution in [0.25, 0.3) is 0 Å². The molecule has 11 heteroatoms. The van der Waals surface area contributed by atoms with Gasteiger partial charge in [0, 0.05) is 51.0 Å². The van der Waals surface area contributed by atoms with Crippen LogP contribution in [0, 0.1) is 29.6 Å². The summed E-state index contributed by atoms with van der Waals surface area (Å²) in [5.41, 5.74) is 1.01. The van der Waals surface area contributed by atoms with Gasteiger partial charge < -0.3 is 25.2 Å². The molecule has 0 radical (unpaired) electrons. The van der Waals surface area contributed by atoms with Gasteiger partial charge in [0.05, 0.1) is 24.6 Å². The fourth-order valence-electron chi connectivity index (χ4n) is 7.75. The number of methoxy groups -OCH3 is 1. The number of nitrogens with one attached hydrogen (secondary N) is 2. The number of carbonyl (C=O) groups is 4. The third-order valence-corrected chi connectivity index (χ3v) is 11.9. The topological polar surface area (TPSA) is 111 Å². The van der Waals surface area contributed by atoms with Crippen LogP contribution in [0.5, 0.6) is 0 Å². The largest absolute Gasteiger partial charge is 0.379 e. The lowest BCUT2D eigenvalue weighted by Gasteiger charge is -2.41. The molecule has 4 amide bonds. The second-order valence-electron chi connectivity index (χ2n) is 15.9. The summed E-state index contributed by atoms with van der Waals surface area (Å²) < 4.78 is 6.06. The monoisotopic (exact) mass is 762 g/mol. The molecule has 1 aliphatic heterocycles. The van der Waals surface area contributed by atoms with Gasteiger partial charge in [-0.25, -0.2) is 0 Å². The molecular weight excluding hydrogens is 687 g/mol. The fraction of sp³-hybridized carbons (Fsp3) is 0.762.